The molecule has 162 valence electrons. The van der Waals surface area contributed by atoms with Crippen molar-refractivity contribution in [2.45, 2.75) is 39.2 Å². The summed E-state index contributed by atoms with van der Waals surface area (Å²) in [6, 6.07) is 16.4. The van der Waals surface area contributed by atoms with Gasteiger partial charge in [-0.05, 0) is 62.6 Å². The SMILES string of the molecule is Cc1ccc2nccc(N3CCN(C(C)C(=O)CCCc4ccc(Cl)cc4)CC3)c2c1. The highest BCUT2D eigenvalue weighted by molar-refractivity contribution is 6.30. The number of piperazine rings is 1. The van der Waals surface area contributed by atoms with E-state index in [-0.39, 0.29) is 6.04 Å². The zero-order chi connectivity index (χ0) is 21.8. The van der Waals surface area contributed by atoms with Crippen molar-refractivity contribution in [3.63, 3.8) is 0 Å². The maximum atomic E-state index is 12.8. The molecule has 0 saturated carbocycles. The van der Waals surface area contributed by atoms with Gasteiger partial charge < -0.3 is 4.90 Å². The van der Waals surface area contributed by atoms with Crippen molar-refractivity contribution in [2.75, 3.05) is 31.1 Å². The van der Waals surface area contributed by atoms with Crippen LogP contribution in [0.2, 0.25) is 5.02 Å². The molecule has 1 fully saturated rings. The maximum absolute atomic E-state index is 12.8. The van der Waals surface area contributed by atoms with Crippen molar-refractivity contribution in [3.8, 4) is 0 Å². The van der Waals surface area contributed by atoms with E-state index in [1.54, 1.807) is 0 Å². The lowest BCUT2D eigenvalue weighted by Crippen LogP contribution is -2.51. The molecule has 1 atom stereocenters. The Hall–Kier alpha value is -2.43. The summed E-state index contributed by atoms with van der Waals surface area (Å²) in [5.41, 5.74) is 4.77. The Bertz CT molecular complexity index is 1040. The highest BCUT2D eigenvalue weighted by Gasteiger charge is 2.26. The zero-order valence-electron chi connectivity index (χ0n) is 18.4. The van der Waals surface area contributed by atoms with E-state index in [4.69, 9.17) is 11.6 Å². The Morgan fingerprint density at radius 2 is 1.81 bits per heavy atom. The van der Waals surface area contributed by atoms with Gasteiger partial charge in [0.1, 0.15) is 5.78 Å². The minimum atomic E-state index is -0.0243. The van der Waals surface area contributed by atoms with Crippen LogP contribution >= 0.6 is 11.6 Å². The number of pyridine rings is 1. The van der Waals surface area contributed by atoms with E-state index >= 15 is 0 Å². The van der Waals surface area contributed by atoms with Gasteiger partial charge in [0.2, 0.25) is 0 Å². The van der Waals surface area contributed by atoms with Crippen LogP contribution < -0.4 is 4.90 Å². The lowest BCUT2D eigenvalue weighted by Gasteiger charge is -2.39. The van der Waals surface area contributed by atoms with Crippen molar-refractivity contribution in [2.24, 2.45) is 0 Å². The fraction of sp³-hybridized carbons (Fsp3) is 0.385. The van der Waals surface area contributed by atoms with Gasteiger partial charge in [-0.1, -0.05) is 35.4 Å². The second-order valence-corrected chi connectivity index (χ2v) is 8.93. The summed E-state index contributed by atoms with van der Waals surface area (Å²) in [6.45, 7) is 7.84. The summed E-state index contributed by atoms with van der Waals surface area (Å²) in [5, 5.41) is 1.96. The van der Waals surface area contributed by atoms with Crippen LogP contribution in [0.1, 0.15) is 30.9 Å². The highest BCUT2D eigenvalue weighted by Crippen LogP contribution is 2.27. The van der Waals surface area contributed by atoms with Gasteiger partial charge in [0.05, 0.1) is 11.6 Å². The Balaban J connectivity index is 1.30. The second kappa shape index (κ2) is 9.80. The third-order valence-electron chi connectivity index (χ3n) is 6.34. The number of carbonyl (C=O) groups is 1. The number of aryl methyl sites for hydroxylation is 2. The van der Waals surface area contributed by atoms with E-state index in [2.05, 4.69) is 52.9 Å². The van der Waals surface area contributed by atoms with Gasteiger partial charge >= 0.3 is 0 Å². The molecule has 0 radical (unpaired) electrons. The van der Waals surface area contributed by atoms with Crippen LogP contribution in [0.4, 0.5) is 5.69 Å². The number of fused-ring (bicyclic) bond motifs is 1. The Kier molecular flexibility index (Phi) is 6.89. The number of carbonyl (C=O) groups excluding carboxylic acids is 1. The minimum Gasteiger partial charge on any atom is -0.368 e. The Morgan fingerprint density at radius 3 is 2.55 bits per heavy atom. The number of rotatable bonds is 7. The topological polar surface area (TPSA) is 36.4 Å². The van der Waals surface area contributed by atoms with Crippen molar-refractivity contribution in [1.29, 1.82) is 0 Å². The van der Waals surface area contributed by atoms with Crippen LogP contribution in [0, 0.1) is 6.92 Å². The van der Waals surface area contributed by atoms with Crippen molar-refractivity contribution >= 4 is 34.0 Å². The molecule has 2 aromatic carbocycles. The zero-order valence-corrected chi connectivity index (χ0v) is 19.1. The van der Waals surface area contributed by atoms with Crippen molar-refractivity contribution < 1.29 is 4.79 Å². The van der Waals surface area contributed by atoms with Crippen LogP contribution in [0.15, 0.2) is 54.7 Å². The Morgan fingerprint density at radius 1 is 1.06 bits per heavy atom. The number of benzene rings is 2. The number of hydrogen-bond donors (Lipinski definition) is 0. The lowest BCUT2D eigenvalue weighted by molar-refractivity contribution is -0.124. The molecule has 3 aromatic rings. The second-order valence-electron chi connectivity index (χ2n) is 8.50. The molecule has 5 heteroatoms. The molecular weight excluding hydrogens is 406 g/mol. The molecule has 0 amide bonds. The van der Waals surface area contributed by atoms with Crippen LogP contribution in [0.3, 0.4) is 0 Å². The summed E-state index contributed by atoms with van der Waals surface area (Å²) in [6.07, 6.45) is 4.32. The van der Waals surface area contributed by atoms with Gasteiger partial charge in [-0.2, -0.15) is 0 Å². The molecule has 1 saturated heterocycles. The van der Waals surface area contributed by atoms with Crippen LogP contribution in [-0.4, -0.2) is 47.9 Å². The molecule has 0 aliphatic carbocycles. The monoisotopic (exact) mass is 435 g/mol. The quantitative estimate of drug-likeness (QED) is 0.504. The largest absolute Gasteiger partial charge is 0.368 e. The summed E-state index contributed by atoms with van der Waals surface area (Å²) in [4.78, 5) is 22.0. The molecule has 4 rings (SSSR count). The van der Waals surface area contributed by atoms with Gasteiger partial charge in [-0.25, -0.2) is 0 Å². The molecule has 1 aliphatic heterocycles. The van der Waals surface area contributed by atoms with Gasteiger partial charge in [0.15, 0.2) is 0 Å². The van der Waals surface area contributed by atoms with E-state index in [0.29, 0.717) is 12.2 Å². The summed E-state index contributed by atoms with van der Waals surface area (Å²) < 4.78 is 0. The molecule has 31 heavy (non-hydrogen) atoms. The standard InChI is InChI=1S/C26H30ClN3O/c1-19-6-11-24-23(18-19)25(12-13-28-24)30-16-14-29(15-17-30)20(2)26(31)5-3-4-21-7-9-22(27)10-8-21/h6-13,18,20H,3-5,14-17H2,1-2H3. The molecular formula is C26H30ClN3O. The average Bonchev–Trinajstić information content (AvgIpc) is 2.79. The number of nitrogens with zero attached hydrogens (tertiary/aromatic N) is 3. The first-order valence-electron chi connectivity index (χ1n) is 11.1. The average molecular weight is 436 g/mol. The lowest BCUT2D eigenvalue weighted by atomic mass is 10.0. The van der Waals surface area contributed by atoms with E-state index in [9.17, 15) is 4.79 Å². The number of Topliss-reactive ketones (excluding diaryl/α,β-unsaturated/α-hetero) is 1. The minimum absolute atomic E-state index is 0.0243. The summed E-state index contributed by atoms with van der Waals surface area (Å²) >= 11 is 5.94. The molecule has 1 unspecified atom stereocenters. The Labute approximate surface area is 189 Å². The molecule has 0 spiro atoms. The predicted molar refractivity (Wildman–Crippen MR) is 129 cm³/mol. The molecule has 0 bridgehead atoms. The van der Waals surface area contributed by atoms with Crippen LogP contribution in [-0.2, 0) is 11.2 Å². The van der Waals surface area contributed by atoms with Gasteiger partial charge in [0.25, 0.3) is 0 Å². The van der Waals surface area contributed by atoms with Gasteiger partial charge in [0, 0.05) is 54.9 Å². The first kappa shape index (κ1) is 21.8. The van der Waals surface area contributed by atoms with Gasteiger partial charge in [-0.3, -0.25) is 14.7 Å². The molecule has 0 N–H and O–H groups in total. The molecule has 1 aliphatic rings. The third kappa shape index (κ3) is 5.25. The van der Waals surface area contributed by atoms with E-state index in [1.165, 1.54) is 22.2 Å². The van der Waals surface area contributed by atoms with Crippen molar-refractivity contribution in [1.82, 2.24) is 9.88 Å². The number of anilines is 1. The fourth-order valence-corrected chi connectivity index (χ4v) is 4.53. The van der Waals surface area contributed by atoms with E-state index in [0.717, 1.165) is 49.6 Å². The molecule has 2 heterocycles. The summed E-state index contributed by atoms with van der Waals surface area (Å²) in [7, 11) is 0. The fourth-order valence-electron chi connectivity index (χ4n) is 4.40. The number of halogens is 1. The number of hydrogen-bond acceptors (Lipinski definition) is 4. The van der Waals surface area contributed by atoms with E-state index in [1.807, 2.05) is 30.5 Å². The van der Waals surface area contributed by atoms with Crippen molar-refractivity contribution in [3.05, 3.63) is 70.9 Å². The predicted octanol–water partition coefficient (Wildman–Crippen LogP) is 5.30. The number of aromatic nitrogens is 1. The normalized spacial score (nSPS) is 15.9. The van der Waals surface area contributed by atoms with Crippen LogP contribution in [0.5, 0.6) is 0 Å². The van der Waals surface area contributed by atoms with E-state index < -0.39 is 0 Å². The smallest absolute Gasteiger partial charge is 0.149 e. The first-order valence-corrected chi connectivity index (χ1v) is 11.5. The molecule has 1 aromatic heterocycles. The number of ketones is 1. The maximum Gasteiger partial charge on any atom is 0.149 e. The highest BCUT2D eigenvalue weighted by atomic mass is 35.5. The van der Waals surface area contributed by atoms with Gasteiger partial charge in [-0.15, -0.1) is 0 Å². The molecule has 4 nitrogen and oxygen atoms in total. The van der Waals surface area contributed by atoms with Crippen LogP contribution in [0.25, 0.3) is 10.9 Å². The summed E-state index contributed by atoms with van der Waals surface area (Å²) in [5.74, 6) is 0.340. The first-order chi connectivity index (χ1) is 15.0. The third-order valence-corrected chi connectivity index (χ3v) is 6.60.